The number of ether oxygens (including phenoxy) is 2. The summed E-state index contributed by atoms with van der Waals surface area (Å²) in [5.74, 6) is 0.599. The molecule has 0 amide bonds. The van der Waals surface area contributed by atoms with Gasteiger partial charge in [-0.1, -0.05) is 38.1 Å². The highest BCUT2D eigenvalue weighted by Crippen LogP contribution is 2.69. The summed E-state index contributed by atoms with van der Waals surface area (Å²) in [4.78, 5) is 0. The maximum atomic E-state index is 12.9. The van der Waals surface area contributed by atoms with Gasteiger partial charge in [-0.2, -0.15) is 8.42 Å². The van der Waals surface area contributed by atoms with Crippen molar-refractivity contribution in [1.29, 1.82) is 0 Å². The first kappa shape index (κ1) is 18.0. The first-order valence-electron chi connectivity index (χ1n) is 9.20. The van der Waals surface area contributed by atoms with E-state index in [1.54, 1.807) is 24.3 Å². The zero-order chi connectivity index (χ0) is 18.6. The Balaban J connectivity index is 1.63. The minimum atomic E-state index is -3.75. The van der Waals surface area contributed by atoms with E-state index in [1.807, 2.05) is 25.1 Å². The van der Waals surface area contributed by atoms with Crippen LogP contribution in [0.25, 0.3) is 0 Å². The van der Waals surface area contributed by atoms with Gasteiger partial charge in [0.1, 0.15) is 5.75 Å². The van der Waals surface area contributed by atoms with Crippen LogP contribution in [0.4, 0.5) is 0 Å². The van der Waals surface area contributed by atoms with Crippen molar-refractivity contribution in [3.8, 4) is 5.75 Å². The molecule has 0 aromatic heterocycles. The fraction of sp³-hybridized carbons (Fsp3) is 0.600. The topological polar surface area (TPSA) is 61.8 Å². The van der Waals surface area contributed by atoms with Crippen LogP contribution in [0.3, 0.4) is 0 Å². The summed E-state index contributed by atoms with van der Waals surface area (Å²) < 4.78 is 43.4. The Labute approximate surface area is 155 Å². The maximum Gasteiger partial charge on any atom is 0.309 e. The van der Waals surface area contributed by atoms with Gasteiger partial charge in [0.05, 0.1) is 18.0 Å². The molecule has 1 aliphatic heterocycles. The van der Waals surface area contributed by atoms with Crippen molar-refractivity contribution < 1.29 is 22.1 Å². The van der Waals surface area contributed by atoms with Crippen LogP contribution in [-0.2, 0) is 19.6 Å². The van der Waals surface area contributed by atoms with Gasteiger partial charge < -0.3 is 13.7 Å². The Morgan fingerprint density at radius 3 is 2.65 bits per heavy atom. The quantitative estimate of drug-likeness (QED) is 0.579. The highest BCUT2D eigenvalue weighted by atomic mass is 32.2. The van der Waals surface area contributed by atoms with Gasteiger partial charge in [-0.05, 0) is 49.3 Å². The molecule has 0 radical (unpaired) electrons. The van der Waals surface area contributed by atoms with Crippen LogP contribution in [0.2, 0.25) is 0 Å². The standard InChI is InChI=1S/C20H26O5S/c1-4-8-16-23-17-15-11-12-20(18(17)24-16,19(15,2)3)13-26(21,22)25-14-9-6-5-7-10-14/h4-10,15-18H,11-13H2,1-3H3/b8-4+/t15-,16-,17-,18-,20-/m1/s1. The summed E-state index contributed by atoms with van der Waals surface area (Å²) in [6.45, 7) is 6.23. The number of para-hydroxylation sites is 1. The predicted molar refractivity (Wildman–Crippen MR) is 98.1 cm³/mol. The van der Waals surface area contributed by atoms with Gasteiger partial charge in [-0.25, -0.2) is 0 Å². The Bertz CT molecular complexity index is 801. The van der Waals surface area contributed by atoms with E-state index in [2.05, 4.69) is 13.8 Å². The SMILES string of the molecule is C/C=C/[C@@H]1O[C@@H]2[C@H]3CC[C@@](CS(=O)(=O)Oc4ccccc4)([C@@H]2O1)C3(C)C. The van der Waals surface area contributed by atoms with Crippen molar-refractivity contribution in [3.05, 3.63) is 42.5 Å². The molecule has 3 fully saturated rings. The predicted octanol–water partition coefficient (Wildman–Crippen LogP) is 3.52. The van der Waals surface area contributed by atoms with Crippen LogP contribution in [0.1, 0.15) is 33.6 Å². The maximum absolute atomic E-state index is 12.9. The van der Waals surface area contributed by atoms with Crippen LogP contribution < -0.4 is 4.18 Å². The third-order valence-electron chi connectivity index (χ3n) is 6.67. The summed E-state index contributed by atoms with van der Waals surface area (Å²) in [6, 6.07) is 8.67. The molecule has 4 rings (SSSR count). The Kier molecular flexibility index (Phi) is 4.21. The molecule has 0 spiro atoms. The monoisotopic (exact) mass is 378 g/mol. The molecule has 1 heterocycles. The smallest absolute Gasteiger partial charge is 0.309 e. The molecule has 1 aromatic carbocycles. The van der Waals surface area contributed by atoms with E-state index in [-0.39, 0.29) is 29.7 Å². The number of fused-ring (bicyclic) bond motifs is 5. The Hall–Kier alpha value is -1.37. The van der Waals surface area contributed by atoms with Crippen molar-refractivity contribution in [3.63, 3.8) is 0 Å². The Morgan fingerprint density at radius 1 is 1.23 bits per heavy atom. The van der Waals surface area contributed by atoms with Crippen LogP contribution in [0, 0.1) is 16.7 Å². The molecule has 1 aromatic rings. The molecule has 3 aliphatic rings. The van der Waals surface area contributed by atoms with E-state index in [0.29, 0.717) is 11.7 Å². The fourth-order valence-corrected chi connectivity index (χ4v) is 7.11. The van der Waals surface area contributed by atoms with Crippen molar-refractivity contribution >= 4 is 10.1 Å². The lowest BCUT2D eigenvalue weighted by Crippen LogP contribution is -2.47. The largest absolute Gasteiger partial charge is 0.382 e. The zero-order valence-corrected chi connectivity index (χ0v) is 16.2. The van der Waals surface area contributed by atoms with Gasteiger partial charge in [0.15, 0.2) is 6.29 Å². The second kappa shape index (κ2) is 6.08. The normalized spacial score (nSPS) is 38.0. The van der Waals surface area contributed by atoms with Crippen LogP contribution >= 0.6 is 0 Å². The summed E-state index contributed by atoms with van der Waals surface area (Å²) in [5, 5.41) is 0. The number of rotatable bonds is 5. The minimum Gasteiger partial charge on any atom is -0.382 e. The van der Waals surface area contributed by atoms with Crippen molar-refractivity contribution in [2.45, 2.75) is 52.1 Å². The first-order chi connectivity index (χ1) is 12.3. The van der Waals surface area contributed by atoms with E-state index < -0.39 is 15.5 Å². The summed E-state index contributed by atoms with van der Waals surface area (Å²) in [5.41, 5.74) is -0.678. The second-order valence-electron chi connectivity index (χ2n) is 8.17. The highest BCUT2D eigenvalue weighted by Gasteiger charge is 2.73. The van der Waals surface area contributed by atoms with E-state index in [4.69, 9.17) is 13.7 Å². The molecule has 2 bridgehead atoms. The van der Waals surface area contributed by atoms with Crippen LogP contribution in [-0.4, -0.2) is 32.7 Å². The number of allylic oxidation sites excluding steroid dienone is 1. The summed E-state index contributed by atoms with van der Waals surface area (Å²) in [7, 11) is -3.75. The van der Waals surface area contributed by atoms with Gasteiger partial charge in [0.25, 0.3) is 0 Å². The minimum absolute atomic E-state index is 0.0492. The third kappa shape index (κ3) is 2.62. The van der Waals surface area contributed by atoms with Gasteiger partial charge >= 0.3 is 10.1 Å². The van der Waals surface area contributed by atoms with Crippen molar-refractivity contribution in [1.82, 2.24) is 0 Å². The van der Waals surface area contributed by atoms with Gasteiger partial charge in [0.2, 0.25) is 0 Å². The van der Waals surface area contributed by atoms with Gasteiger partial charge in [0, 0.05) is 5.41 Å². The molecule has 6 heteroatoms. The number of hydrogen-bond donors (Lipinski definition) is 0. The number of benzene rings is 1. The molecule has 0 N–H and O–H groups in total. The van der Waals surface area contributed by atoms with Crippen molar-refractivity contribution in [2.75, 3.05) is 5.75 Å². The van der Waals surface area contributed by atoms with E-state index in [0.717, 1.165) is 12.8 Å². The van der Waals surface area contributed by atoms with Crippen molar-refractivity contribution in [2.24, 2.45) is 16.7 Å². The lowest BCUT2D eigenvalue weighted by molar-refractivity contribution is -0.0842. The average Bonchev–Trinajstić information content (AvgIpc) is 3.13. The number of hydrogen-bond acceptors (Lipinski definition) is 5. The van der Waals surface area contributed by atoms with Gasteiger partial charge in [-0.3, -0.25) is 0 Å². The molecule has 1 saturated heterocycles. The van der Waals surface area contributed by atoms with Crippen LogP contribution in [0.5, 0.6) is 5.75 Å². The second-order valence-corrected chi connectivity index (χ2v) is 9.74. The highest BCUT2D eigenvalue weighted by molar-refractivity contribution is 7.87. The summed E-state index contributed by atoms with van der Waals surface area (Å²) >= 11 is 0. The zero-order valence-electron chi connectivity index (χ0n) is 15.4. The molecule has 2 saturated carbocycles. The molecular formula is C20H26O5S. The molecule has 26 heavy (non-hydrogen) atoms. The molecule has 0 unspecified atom stereocenters. The lowest BCUT2D eigenvalue weighted by atomic mass is 9.69. The van der Waals surface area contributed by atoms with E-state index in [9.17, 15) is 8.42 Å². The third-order valence-corrected chi connectivity index (χ3v) is 7.99. The first-order valence-corrected chi connectivity index (χ1v) is 10.8. The van der Waals surface area contributed by atoms with Gasteiger partial charge in [-0.15, -0.1) is 0 Å². The lowest BCUT2D eigenvalue weighted by Gasteiger charge is -2.40. The molecule has 5 atom stereocenters. The molecular weight excluding hydrogens is 352 g/mol. The summed E-state index contributed by atoms with van der Waals surface area (Å²) in [6.07, 6.45) is 4.91. The Morgan fingerprint density at radius 2 is 1.96 bits per heavy atom. The van der Waals surface area contributed by atoms with Crippen LogP contribution in [0.15, 0.2) is 42.5 Å². The molecule has 2 aliphatic carbocycles. The van der Waals surface area contributed by atoms with E-state index >= 15 is 0 Å². The van der Waals surface area contributed by atoms with E-state index in [1.165, 1.54) is 0 Å². The fourth-order valence-electron chi connectivity index (χ4n) is 5.34. The molecule has 5 nitrogen and oxygen atoms in total. The molecule has 142 valence electrons. The average molecular weight is 378 g/mol.